The standard InChI is InChI=1S/C13H19N3O4S/c1-9(2)14-7-11-4-5-13(20-11)21(17,18)16-8-12-15-6-10(3)19-12/h4-6,9,14,16H,7-8H2,1-3H3. The lowest BCUT2D eigenvalue weighted by Gasteiger charge is -2.05. The lowest BCUT2D eigenvalue weighted by Crippen LogP contribution is -2.23. The molecule has 0 radical (unpaired) electrons. The number of nitrogens with zero attached hydrogens (tertiary/aromatic N) is 1. The van der Waals surface area contributed by atoms with Crippen molar-refractivity contribution in [2.24, 2.45) is 0 Å². The Morgan fingerprint density at radius 2 is 2.00 bits per heavy atom. The number of nitrogens with one attached hydrogen (secondary N) is 2. The molecule has 0 amide bonds. The maximum atomic E-state index is 12.1. The first-order valence-corrected chi connectivity index (χ1v) is 8.08. The van der Waals surface area contributed by atoms with Crippen LogP contribution in [0.1, 0.15) is 31.3 Å². The zero-order chi connectivity index (χ0) is 15.5. The second-order valence-electron chi connectivity index (χ2n) is 4.95. The van der Waals surface area contributed by atoms with Gasteiger partial charge in [-0.3, -0.25) is 0 Å². The fourth-order valence-electron chi connectivity index (χ4n) is 1.61. The van der Waals surface area contributed by atoms with E-state index in [1.54, 1.807) is 13.0 Å². The van der Waals surface area contributed by atoms with Crippen molar-refractivity contribution in [1.82, 2.24) is 15.0 Å². The average Bonchev–Trinajstić information content (AvgIpc) is 3.03. The Labute approximate surface area is 123 Å². The number of rotatable bonds is 7. The van der Waals surface area contributed by atoms with Gasteiger partial charge in [0.15, 0.2) is 0 Å². The van der Waals surface area contributed by atoms with E-state index in [4.69, 9.17) is 8.83 Å². The van der Waals surface area contributed by atoms with Gasteiger partial charge in [0.1, 0.15) is 11.5 Å². The van der Waals surface area contributed by atoms with Gasteiger partial charge in [-0.15, -0.1) is 0 Å². The fourth-order valence-corrected chi connectivity index (χ4v) is 2.53. The van der Waals surface area contributed by atoms with Gasteiger partial charge >= 0.3 is 0 Å². The summed E-state index contributed by atoms with van der Waals surface area (Å²) in [6.45, 7) is 6.20. The van der Waals surface area contributed by atoms with Crippen LogP contribution in [-0.4, -0.2) is 19.4 Å². The molecule has 2 aromatic heterocycles. The van der Waals surface area contributed by atoms with Crippen LogP contribution in [0.4, 0.5) is 0 Å². The molecule has 8 heteroatoms. The van der Waals surface area contributed by atoms with Crippen LogP contribution in [0.25, 0.3) is 0 Å². The summed E-state index contributed by atoms with van der Waals surface area (Å²) in [4.78, 5) is 3.93. The van der Waals surface area contributed by atoms with Gasteiger partial charge in [-0.25, -0.2) is 13.4 Å². The van der Waals surface area contributed by atoms with Crippen LogP contribution in [0.3, 0.4) is 0 Å². The third kappa shape index (κ3) is 4.42. The molecular weight excluding hydrogens is 294 g/mol. The largest absolute Gasteiger partial charge is 0.447 e. The molecule has 21 heavy (non-hydrogen) atoms. The summed E-state index contributed by atoms with van der Waals surface area (Å²) in [7, 11) is -3.71. The van der Waals surface area contributed by atoms with Gasteiger partial charge in [-0.2, -0.15) is 4.72 Å². The van der Waals surface area contributed by atoms with Crippen molar-refractivity contribution in [3.05, 3.63) is 35.7 Å². The van der Waals surface area contributed by atoms with Crippen LogP contribution in [0.2, 0.25) is 0 Å². The number of aryl methyl sites for hydroxylation is 1. The first kappa shape index (κ1) is 15.7. The van der Waals surface area contributed by atoms with Crippen LogP contribution in [0, 0.1) is 6.92 Å². The summed E-state index contributed by atoms with van der Waals surface area (Å²) >= 11 is 0. The Morgan fingerprint density at radius 3 is 2.62 bits per heavy atom. The van der Waals surface area contributed by atoms with E-state index in [1.165, 1.54) is 12.3 Å². The lowest BCUT2D eigenvalue weighted by atomic mass is 10.3. The molecule has 2 N–H and O–H groups in total. The van der Waals surface area contributed by atoms with Gasteiger partial charge in [0.2, 0.25) is 11.0 Å². The molecule has 0 aliphatic rings. The minimum Gasteiger partial charge on any atom is -0.447 e. The molecule has 7 nitrogen and oxygen atoms in total. The molecule has 2 heterocycles. The Balaban J connectivity index is 1.99. The zero-order valence-corrected chi connectivity index (χ0v) is 13.0. The summed E-state index contributed by atoms with van der Waals surface area (Å²) in [6, 6.07) is 3.36. The molecule has 116 valence electrons. The smallest absolute Gasteiger partial charge is 0.274 e. The SMILES string of the molecule is Cc1cnc(CNS(=O)(=O)c2ccc(CNC(C)C)o2)o1. The van der Waals surface area contributed by atoms with Gasteiger partial charge in [-0.05, 0) is 19.1 Å². The predicted molar refractivity (Wildman–Crippen MR) is 75.9 cm³/mol. The third-order valence-corrected chi connectivity index (χ3v) is 3.94. The topological polar surface area (TPSA) is 97.4 Å². The van der Waals surface area contributed by atoms with Crippen LogP contribution >= 0.6 is 0 Å². The Morgan fingerprint density at radius 1 is 1.24 bits per heavy atom. The van der Waals surface area contributed by atoms with Gasteiger partial charge < -0.3 is 14.2 Å². The second kappa shape index (κ2) is 6.42. The molecule has 2 aromatic rings. The molecule has 0 atom stereocenters. The highest BCUT2D eigenvalue weighted by Gasteiger charge is 2.19. The van der Waals surface area contributed by atoms with Crippen molar-refractivity contribution >= 4 is 10.0 Å². The molecule has 0 fully saturated rings. The van der Waals surface area contributed by atoms with E-state index >= 15 is 0 Å². The third-order valence-electron chi connectivity index (χ3n) is 2.67. The highest BCUT2D eigenvalue weighted by atomic mass is 32.2. The van der Waals surface area contributed by atoms with Gasteiger partial charge in [0, 0.05) is 6.04 Å². The van der Waals surface area contributed by atoms with Crippen LogP contribution in [-0.2, 0) is 23.1 Å². The normalized spacial score (nSPS) is 12.2. The number of sulfonamides is 1. The van der Waals surface area contributed by atoms with Crippen molar-refractivity contribution in [1.29, 1.82) is 0 Å². The summed E-state index contributed by atoms with van der Waals surface area (Å²) in [5.41, 5.74) is 0. The number of hydrogen-bond donors (Lipinski definition) is 2. The fraction of sp³-hybridized carbons (Fsp3) is 0.462. The highest BCUT2D eigenvalue weighted by molar-refractivity contribution is 7.89. The van der Waals surface area contributed by atoms with E-state index in [-0.39, 0.29) is 11.6 Å². The van der Waals surface area contributed by atoms with Gasteiger partial charge in [-0.1, -0.05) is 13.8 Å². The minimum atomic E-state index is -3.71. The summed E-state index contributed by atoms with van der Waals surface area (Å²) < 4.78 is 37.1. The quantitative estimate of drug-likeness (QED) is 0.805. The monoisotopic (exact) mass is 313 g/mol. The van der Waals surface area contributed by atoms with Gasteiger partial charge in [0.25, 0.3) is 10.0 Å². The summed E-state index contributed by atoms with van der Waals surface area (Å²) in [5, 5.41) is 3.03. The van der Waals surface area contributed by atoms with Crippen molar-refractivity contribution in [2.45, 2.75) is 45.0 Å². The van der Waals surface area contributed by atoms with E-state index in [0.29, 0.717) is 30.0 Å². The van der Waals surface area contributed by atoms with Crippen LogP contribution in [0.5, 0.6) is 0 Å². The molecule has 2 rings (SSSR count). The first-order valence-electron chi connectivity index (χ1n) is 6.60. The van der Waals surface area contributed by atoms with E-state index in [0.717, 1.165) is 0 Å². The molecule has 0 aliphatic carbocycles. The predicted octanol–water partition coefficient (Wildman–Crippen LogP) is 1.55. The maximum absolute atomic E-state index is 12.1. The molecule has 0 spiro atoms. The Hall–Kier alpha value is -1.64. The van der Waals surface area contributed by atoms with Crippen molar-refractivity contribution in [2.75, 3.05) is 0 Å². The molecule has 0 saturated heterocycles. The zero-order valence-electron chi connectivity index (χ0n) is 12.2. The van der Waals surface area contributed by atoms with E-state index in [2.05, 4.69) is 15.0 Å². The number of furan rings is 1. The molecule has 0 bridgehead atoms. The van der Waals surface area contributed by atoms with Crippen LogP contribution < -0.4 is 10.0 Å². The molecule has 0 saturated carbocycles. The molecular formula is C13H19N3O4S. The molecule has 0 unspecified atom stereocenters. The van der Waals surface area contributed by atoms with Crippen molar-refractivity contribution in [3.63, 3.8) is 0 Å². The van der Waals surface area contributed by atoms with Crippen molar-refractivity contribution < 1.29 is 17.3 Å². The minimum absolute atomic E-state index is 0.0174. The first-order chi connectivity index (χ1) is 9.87. The highest BCUT2D eigenvalue weighted by Crippen LogP contribution is 2.14. The number of aromatic nitrogens is 1. The van der Waals surface area contributed by atoms with Gasteiger partial charge in [0.05, 0.1) is 19.3 Å². The molecule has 0 aliphatic heterocycles. The van der Waals surface area contributed by atoms with Crippen molar-refractivity contribution in [3.8, 4) is 0 Å². The Kier molecular flexibility index (Phi) is 4.81. The second-order valence-corrected chi connectivity index (χ2v) is 6.64. The number of hydrogen-bond acceptors (Lipinski definition) is 6. The summed E-state index contributed by atoms with van der Waals surface area (Å²) in [6.07, 6.45) is 1.53. The van der Waals surface area contributed by atoms with E-state index < -0.39 is 10.0 Å². The number of oxazole rings is 1. The van der Waals surface area contributed by atoms with Crippen LogP contribution in [0.15, 0.2) is 32.3 Å². The Bertz CT molecular complexity index is 688. The van der Waals surface area contributed by atoms with E-state index in [1.807, 2.05) is 13.8 Å². The lowest BCUT2D eigenvalue weighted by molar-refractivity contribution is 0.391. The summed E-state index contributed by atoms with van der Waals surface area (Å²) in [5.74, 6) is 1.50. The molecule has 0 aromatic carbocycles. The average molecular weight is 313 g/mol. The van der Waals surface area contributed by atoms with E-state index in [9.17, 15) is 8.42 Å². The maximum Gasteiger partial charge on any atom is 0.274 e.